The van der Waals surface area contributed by atoms with E-state index in [0.717, 1.165) is 18.4 Å². The summed E-state index contributed by atoms with van der Waals surface area (Å²) in [7, 11) is 0. The third-order valence-corrected chi connectivity index (χ3v) is 5.72. The van der Waals surface area contributed by atoms with Crippen molar-refractivity contribution in [2.75, 3.05) is 26.3 Å². The summed E-state index contributed by atoms with van der Waals surface area (Å²) >= 11 is 0. The van der Waals surface area contributed by atoms with Crippen molar-refractivity contribution < 1.29 is 39.4 Å². The minimum Gasteiger partial charge on any atom is -0.388 e. The Labute approximate surface area is 228 Å². The van der Waals surface area contributed by atoms with Crippen LogP contribution in [0.1, 0.15) is 58.5 Å². The van der Waals surface area contributed by atoms with Crippen LogP contribution in [-0.4, -0.2) is 82.6 Å². The molecule has 0 saturated heterocycles. The minimum absolute atomic E-state index is 0.0714. The van der Waals surface area contributed by atoms with E-state index in [1.54, 1.807) is 48.2 Å². The fraction of sp³-hybridized carbons (Fsp3) is 0.464. The van der Waals surface area contributed by atoms with E-state index in [2.05, 4.69) is 11.0 Å². The van der Waals surface area contributed by atoms with Gasteiger partial charge in [0.1, 0.15) is 31.5 Å². The van der Waals surface area contributed by atoms with Crippen LogP contribution in [0.15, 0.2) is 48.5 Å². The molecule has 0 aliphatic carbocycles. The first-order valence-corrected chi connectivity index (χ1v) is 13.0. The summed E-state index contributed by atoms with van der Waals surface area (Å²) in [6.45, 7) is 5.95. The monoisotopic (exact) mass is 545 g/mol. The quantitative estimate of drug-likeness (QED) is 0.198. The molecule has 0 radical (unpaired) electrons. The zero-order chi connectivity index (χ0) is 28.8. The number of aliphatic hydroxyl groups is 3. The number of hydrogen-bond donors (Lipinski definition) is 5. The molecule has 0 aliphatic heterocycles. The lowest BCUT2D eigenvalue weighted by atomic mass is 10.0. The highest BCUT2D eigenvalue weighted by Gasteiger charge is 2.26. The molecule has 11 heteroatoms. The van der Waals surface area contributed by atoms with Crippen molar-refractivity contribution in [2.45, 2.75) is 58.3 Å². The van der Waals surface area contributed by atoms with Crippen molar-refractivity contribution in [1.82, 2.24) is 15.9 Å². The number of nitrogens with zero attached hydrogens (tertiary/aromatic N) is 1. The van der Waals surface area contributed by atoms with Gasteiger partial charge in [-0.15, -0.1) is 0 Å². The largest absolute Gasteiger partial charge is 0.388 e. The number of nitrogens with one attached hydrogen (secondary N) is 2. The summed E-state index contributed by atoms with van der Waals surface area (Å²) in [4.78, 5) is 49.1. The molecule has 3 atom stereocenters. The number of amides is 3. The highest BCUT2D eigenvalue weighted by molar-refractivity contribution is 5.99. The van der Waals surface area contributed by atoms with Crippen LogP contribution in [0.3, 0.4) is 0 Å². The normalized spacial score (nSPS) is 13.3. The van der Waals surface area contributed by atoms with Crippen LogP contribution in [-0.2, 0) is 20.9 Å². The number of aryl methyl sites for hydroxylation is 1. The SMILES string of the molecule is CCCN(CCC)C(=O)c1cc(C)cc(C(=O)NOC[C@H](O)[C@H](O)C(O)CONC(=O)Cc2ccccc2)c1. The molecule has 0 bridgehead atoms. The Bertz CT molecular complexity index is 1060. The number of carbonyl (C=O) groups excluding carboxylic acids is 3. The van der Waals surface area contributed by atoms with E-state index in [1.807, 2.05) is 19.9 Å². The topological polar surface area (TPSA) is 158 Å². The Morgan fingerprint density at radius 1 is 0.846 bits per heavy atom. The average molecular weight is 546 g/mol. The Morgan fingerprint density at radius 3 is 2.00 bits per heavy atom. The maximum atomic E-state index is 12.9. The first kappa shape index (κ1) is 31.9. The van der Waals surface area contributed by atoms with Gasteiger partial charge in [0, 0.05) is 24.2 Å². The van der Waals surface area contributed by atoms with Gasteiger partial charge < -0.3 is 20.2 Å². The summed E-state index contributed by atoms with van der Waals surface area (Å²) in [5.74, 6) is -1.25. The minimum atomic E-state index is -1.68. The summed E-state index contributed by atoms with van der Waals surface area (Å²) in [5, 5.41) is 30.3. The van der Waals surface area contributed by atoms with Crippen LogP contribution < -0.4 is 11.0 Å². The molecule has 2 rings (SSSR count). The highest BCUT2D eigenvalue weighted by Crippen LogP contribution is 2.14. The van der Waals surface area contributed by atoms with Crippen molar-refractivity contribution in [3.63, 3.8) is 0 Å². The van der Waals surface area contributed by atoms with E-state index in [1.165, 1.54) is 6.07 Å². The second-order valence-corrected chi connectivity index (χ2v) is 9.25. The van der Waals surface area contributed by atoms with Crippen LogP contribution in [0.4, 0.5) is 0 Å². The smallest absolute Gasteiger partial charge is 0.274 e. The maximum absolute atomic E-state index is 12.9. The molecule has 11 nitrogen and oxygen atoms in total. The second kappa shape index (κ2) is 16.6. The molecule has 5 N–H and O–H groups in total. The number of aliphatic hydroxyl groups excluding tert-OH is 3. The lowest BCUT2D eigenvalue weighted by molar-refractivity contribution is -0.145. The molecular formula is C28H39N3O8. The number of carbonyl (C=O) groups is 3. The summed E-state index contributed by atoms with van der Waals surface area (Å²) < 4.78 is 0. The zero-order valence-corrected chi connectivity index (χ0v) is 22.6. The van der Waals surface area contributed by atoms with Gasteiger partial charge in [-0.25, -0.2) is 11.0 Å². The molecule has 0 fully saturated rings. The van der Waals surface area contributed by atoms with Crippen LogP contribution in [0.5, 0.6) is 0 Å². The lowest BCUT2D eigenvalue weighted by Gasteiger charge is -2.23. The fourth-order valence-electron chi connectivity index (χ4n) is 3.80. The molecule has 2 aromatic carbocycles. The predicted molar refractivity (Wildman–Crippen MR) is 143 cm³/mol. The molecule has 214 valence electrons. The average Bonchev–Trinajstić information content (AvgIpc) is 2.92. The van der Waals surface area contributed by atoms with Gasteiger partial charge in [0.15, 0.2) is 0 Å². The van der Waals surface area contributed by atoms with Gasteiger partial charge in [0.25, 0.3) is 11.8 Å². The van der Waals surface area contributed by atoms with Crippen molar-refractivity contribution in [3.05, 3.63) is 70.8 Å². The van der Waals surface area contributed by atoms with Gasteiger partial charge in [0.2, 0.25) is 5.91 Å². The van der Waals surface area contributed by atoms with E-state index in [-0.39, 0.29) is 17.9 Å². The fourth-order valence-corrected chi connectivity index (χ4v) is 3.80. The highest BCUT2D eigenvalue weighted by atomic mass is 16.7. The number of rotatable bonds is 16. The number of benzene rings is 2. The Hall–Kier alpha value is -3.35. The molecular weight excluding hydrogens is 506 g/mol. The van der Waals surface area contributed by atoms with Gasteiger partial charge in [0.05, 0.1) is 6.42 Å². The van der Waals surface area contributed by atoms with Crippen LogP contribution in [0.2, 0.25) is 0 Å². The van der Waals surface area contributed by atoms with Crippen molar-refractivity contribution in [3.8, 4) is 0 Å². The van der Waals surface area contributed by atoms with Crippen molar-refractivity contribution in [2.24, 2.45) is 0 Å². The third kappa shape index (κ3) is 10.7. The summed E-state index contributed by atoms with van der Waals surface area (Å²) in [5.41, 5.74) is 6.41. The zero-order valence-electron chi connectivity index (χ0n) is 22.6. The molecule has 0 aromatic heterocycles. The van der Waals surface area contributed by atoms with Crippen molar-refractivity contribution >= 4 is 17.7 Å². The van der Waals surface area contributed by atoms with Crippen LogP contribution >= 0.6 is 0 Å². The van der Waals surface area contributed by atoms with Gasteiger partial charge in [-0.1, -0.05) is 44.2 Å². The molecule has 1 unspecified atom stereocenters. The number of hydrogen-bond acceptors (Lipinski definition) is 8. The summed E-state index contributed by atoms with van der Waals surface area (Å²) in [6, 6.07) is 13.8. The van der Waals surface area contributed by atoms with E-state index in [9.17, 15) is 29.7 Å². The Kier molecular flexibility index (Phi) is 13.5. The van der Waals surface area contributed by atoms with E-state index in [4.69, 9.17) is 9.68 Å². The number of hydroxylamine groups is 2. The van der Waals surface area contributed by atoms with E-state index in [0.29, 0.717) is 24.2 Å². The first-order valence-electron chi connectivity index (χ1n) is 13.0. The van der Waals surface area contributed by atoms with Crippen LogP contribution in [0.25, 0.3) is 0 Å². The van der Waals surface area contributed by atoms with Gasteiger partial charge in [-0.05, 0) is 49.1 Å². The molecule has 3 amide bonds. The predicted octanol–water partition coefficient (Wildman–Crippen LogP) is 1.29. The van der Waals surface area contributed by atoms with E-state index >= 15 is 0 Å². The third-order valence-electron chi connectivity index (χ3n) is 5.72. The molecule has 0 saturated carbocycles. The van der Waals surface area contributed by atoms with Crippen molar-refractivity contribution in [1.29, 1.82) is 0 Å². The molecule has 2 aromatic rings. The molecule has 0 spiro atoms. The van der Waals surface area contributed by atoms with Gasteiger partial charge >= 0.3 is 0 Å². The molecule has 0 aliphatic rings. The van der Waals surface area contributed by atoms with Gasteiger partial charge in [-0.3, -0.25) is 24.1 Å². The lowest BCUT2D eigenvalue weighted by Crippen LogP contribution is -2.44. The Balaban J connectivity index is 1.80. The molecule has 0 heterocycles. The molecule has 39 heavy (non-hydrogen) atoms. The Morgan fingerprint density at radius 2 is 1.41 bits per heavy atom. The summed E-state index contributed by atoms with van der Waals surface area (Å²) in [6.07, 6.45) is -3.10. The second-order valence-electron chi connectivity index (χ2n) is 9.25. The van der Waals surface area contributed by atoms with E-state index < -0.39 is 43.3 Å². The standard InChI is InChI=1S/C28H39N3O8/c1-4-11-31(12-5-2)28(37)22-14-19(3)13-21(16-22)27(36)30-39-18-24(33)26(35)23(32)17-38-29-25(34)15-20-9-7-6-8-10-20/h6-10,13-14,16,23-24,26,32-33,35H,4-5,11-12,15,17-18H2,1-3H3,(H,29,34)(H,30,36)/t23?,24-,26+/m0/s1. The first-order chi connectivity index (χ1) is 18.7. The van der Waals surface area contributed by atoms with Gasteiger partial charge in [-0.2, -0.15) is 0 Å². The maximum Gasteiger partial charge on any atom is 0.274 e. The van der Waals surface area contributed by atoms with Crippen LogP contribution in [0, 0.1) is 6.92 Å².